The SMILES string of the molecule is COc1ncnc(C2CC2)c1-c1cc2c(cn1)[nH]c(=O)n2Cc1ccc(-c2nc(C(F)(F)F)cn2C)c(F)c1. The number of nitrogens with one attached hydrogen (secondary N) is 1. The first kappa shape index (κ1) is 24.8. The van der Waals surface area contributed by atoms with Gasteiger partial charge in [0.15, 0.2) is 5.69 Å². The summed E-state index contributed by atoms with van der Waals surface area (Å²) in [5, 5.41) is 0. The fraction of sp³-hybridized carbons (Fsp3) is 0.269. The predicted octanol–water partition coefficient (Wildman–Crippen LogP) is 4.67. The largest absolute Gasteiger partial charge is 0.480 e. The number of hydrogen-bond donors (Lipinski definition) is 1. The molecule has 0 saturated heterocycles. The quantitative estimate of drug-likeness (QED) is 0.315. The van der Waals surface area contributed by atoms with Gasteiger partial charge in [0, 0.05) is 19.2 Å². The van der Waals surface area contributed by atoms with Crippen molar-refractivity contribution in [3.05, 3.63) is 76.2 Å². The van der Waals surface area contributed by atoms with Crippen LogP contribution in [-0.2, 0) is 19.8 Å². The summed E-state index contributed by atoms with van der Waals surface area (Å²) in [4.78, 5) is 32.3. The van der Waals surface area contributed by atoms with Gasteiger partial charge >= 0.3 is 11.9 Å². The molecule has 6 rings (SSSR count). The molecule has 1 N–H and O–H groups in total. The van der Waals surface area contributed by atoms with Crippen LogP contribution in [0.25, 0.3) is 33.7 Å². The second-order valence-corrected chi connectivity index (χ2v) is 9.39. The maximum absolute atomic E-state index is 15.1. The highest BCUT2D eigenvalue weighted by Gasteiger charge is 2.35. The molecule has 39 heavy (non-hydrogen) atoms. The minimum Gasteiger partial charge on any atom is -0.480 e. The van der Waals surface area contributed by atoms with Gasteiger partial charge in [0.1, 0.15) is 18.0 Å². The molecule has 4 aromatic heterocycles. The molecule has 0 bridgehead atoms. The van der Waals surface area contributed by atoms with Crippen molar-refractivity contribution >= 4 is 11.0 Å². The van der Waals surface area contributed by atoms with Crippen LogP contribution in [0.5, 0.6) is 5.88 Å². The second kappa shape index (κ2) is 9.03. The van der Waals surface area contributed by atoms with Crippen LogP contribution in [0.2, 0.25) is 0 Å². The summed E-state index contributed by atoms with van der Waals surface area (Å²) in [6.07, 6.45) is 1.15. The summed E-state index contributed by atoms with van der Waals surface area (Å²) in [5.41, 5.74) is 1.85. The number of aromatic nitrogens is 7. The van der Waals surface area contributed by atoms with Crippen LogP contribution < -0.4 is 10.4 Å². The third-order valence-corrected chi connectivity index (χ3v) is 6.70. The van der Waals surface area contributed by atoms with Crippen molar-refractivity contribution in [3.63, 3.8) is 0 Å². The Bertz CT molecular complexity index is 1780. The zero-order valence-electron chi connectivity index (χ0n) is 20.8. The number of rotatable bonds is 6. The number of aryl methyl sites for hydroxylation is 1. The van der Waals surface area contributed by atoms with Crippen molar-refractivity contribution in [2.45, 2.75) is 31.5 Å². The van der Waals surface area contributed by atoms with Crippen molar-refractivity contribution in [1.29, 1.82) is 0 Å². The van der Waals surface area contributed by atoms with E-state index in [0.717, 1.165) is 29.3 Å². The molecule has 5 aromatic rings. The minimum atomic E-state index is -4.65. The van der Waals surface area contributed by atoms with Crippen LogP contribution in [-0.4, -0.2) is 41.2 Å². The van der Waals surface area contributed by atoms with Gasteiger partial charge in [-0.3, -0.25) is 9.55 Å². The predicted molar refractivity (Wildman–Crippen MR) is 133 cm³/mol. The third kappa shape index (κ3) is 4.43. The molecule has 0 atom stereocenters. The van der Waals surface area contributed by atoms with Gasteiger partial charge in [0.25, 0.3) is 0 Å². The Kier molecular flexibility index (Phi) is 5.74. The molecular formula is C26H21F4N7O2. The lowest BCUT2D eigenvalue weighted by Crippen LogP contribution is -2.17. The van der Waals surface area contributed by atoms with Gasteiger partial charge in [-0.15, -0.1) is 0 Å². The number of H-pyrrole nitrogens is 1. The summed E-state index contributed by atoms with van der Waals surface area (Å²) in [5.74, 6) is -0.249. The average Bonchev–Trinajstić information content (AvgIpc) is 3.61. The number of halogens is 4. The molecule has 0 spiro atoms. The molecule has 0 aliphatic heterocycles. The van der Waals surface area contributed by atoms with Crippen LogP contribution in [0.15, 0.2) is 47.8 Å². The van der Waals surface area contributed by atoms with E-state index >= 15 is 4.39 Å². The monoisotopic (exact) mass is 539 g/mol. The highest BCUT2D eigenvalue weighted by Crippen LogP contribution is 2.45. The number of fused-ring (bicyclic) bond motifs is 1. The van der Waals surface area contributed by atoms with Crippen LogP contribution >= 0.6 is 0 Å². The second-order valence-electron chi connectivity index (χ2n) is 9.39. The fourth-order valence-corrected chi connectivity index (χ4v) is 4.67. The van der Waals surface area contributed by atoms with Crippen molar-refractivity contribution in [2.24, 2.45) is 7.05 Å². The lowest BCUT2D eigenvalue weighted by atomic mass is 10.1. The molecule has 9 nitrogen and oxygen atoms in total. The molecule has 0 unspecified atom stereocenters. The van der Waals surface area contributed by atoms with Crippen molar-refractivity contribution in [1.82, 2.24) is 34.1 Å². The Balaban J connectivity index is 1.37. The number of ether oxygens (including phenoxy) is 1. The number of pyridine rings is 1. The Labute approximate surface area is 218 Å². The van der Waals surface area contributed by atoms with Gasteiger partial charge in [0.2, 0.25) is 5.88 Å². The van der Waals surface area contributed by atoms with Crippen LogP contribution in [0.4, 0.5) is 17.6 Å². The van der Waals surface area contributed by atoms with Crippen LogP contribution in [0.3, 0.4) is 0 Å². The lowest BCUT2D eigenvalue weighted by Gasteiger charge is -2.12. The fourth-order valence-electron chi connectivity index (χ4n) is 4.67. The van der Waals surface area contributed by atoms with Gasteiger partial charge in [-0.05, 0) is 36.6 Å². The molecule has 0 amide bonds. The molecule has 4 heterocycles. The Morgan fingerprint density at radius 1 is 1.15 bits per heavy atom. The smallest absolute Gasteiger partial charge is 0.434 e. The lowest BCUT2D eigenvalue weighted by molar-refractivity contribution is -0.140. The molecule has 1 aliphatic carbocycles. The summed E-state index contributed by atoms with van der Waals surface area (Å²) in [6.45, 7) is 0.00571. The summed E-state index contributed by atoms with van der Waals surface area (Å²) < 4.78 is 62.3. The number of aromatic amines is 1. The zero-order valence-corrected chi connectivity index (χ0v) is 20.8. The van der Waals surface area contributed by atoms with E-state index in [1.165, 1.54) is 43.4 Å². The molecule has 200 valence electrons. The topological polar surface area (TPSA) is 104 Å². The van der Waals surface area contributed by atoms with Gasteiger partial charge in [0.05, 0.1) is 53.4 Å². The van der Waals surface area contributed by atoms with E-state index in [1.807, 2.05) is 0 Å². The maximum Gasteiger partial charge on any atom is 0.434 e. The van der Waals surface area contributed by atoms with E-state index in [0.29, 0.717) is 33.7 Å². The van der Waals surface area contributed by atoms with Gasteiger partial charge < -0.3 is 14.3 Å². The normalized spacial score (nSPS) is 13.8. The Morgan fingerprint density at radius 3 is 2.62 bits per heavy atom. The summed E-state index contributed by atoms with van der Waals surface area (Å²) in [7, 11) is 2.88. The van der Waals surface area contributed by atoms with E-state index < -0.39 is 23.4 Å². The number of imidazole rings is 2. The molecule has 13 heteroatoms. The first-order chi connectivity index (χ1) is 18.6. The number of methoxy groups -OCH3 is 1. The molecule has 0 radical (unpaired) electrons. The maximum atomic E-state index is 15.1. The van der Waals surface area contributed by atoms with E-state index in [4.69, 9.17) is 4.74 Å². The molecular weight excluding hydrogens is 518 g/mol. The number of nitrogens with zero attached hydrogens (tertiary/aromatic N) is 6. The standard InChI is InChI=1S/C26H21F4N7O2/c1-36-11-20(26(28,29)30)35-23(36)15-6-3-13(7-16(15)27)10-37-19-8-17(31-9-18(19)34-25(37)38)21-22(14-4-5-14)32-12-33-24(21)39-2/h3,6-9,11-12,14H,4-5,10H2,1-2H3,(H,34,38). The Morgan fingerprint density at radius 2 is 1.95 bits per heavy atom. The van der Waals surface area contributed by atoms with Crippen LogP contribution in [0, 0.1) is 5.82 Å². The van der Waals surface area contributed by atoms with E-state index in [1.54, 1.807) is 12.1 Å². The van der Waals surface area contributed by atoms with Crippen molar-refractivity contribution < 1.29 is 22.3 Å². The van der Waals surface area contributed by atoms with Crippen molar-refractivity contribution in [3.8, 4) is 28.5 Å². The van der Waals surface area contributed by atoms with Crippen LogP contribution in [0.1, 0.15) is 35.7 Å². The van der Waals surface area contributed by atoms with Gasteiger partial charge in [-0.25, -0.2) is 24.1 Å². The van der Waals surface area contributed by atoms with E-state index in [9.17, 15) is 18.0 Å². The highest BCUT2D eigenvalue weighted by molar-refractivity contribution is 5.81. The average molecular weight is 539 g/mol. The highest BCUT2D eigenvalue weighted by atomic mass is 19.4. The Hall–Kier alpha value is -4.55. The minimum absolute atomic E-state index is 0.00571. The first-order valence-electron chi connectivity index (χ1n) is 12.0. The summed E-state index contributed by atoms with van der Waals surface area (Å²) >= 11 is 0. The van der Waals surface area contributed by atoms with Gasteiger partial charge in [-0.2, -0.15) is 13.2 Å². The molecule has 1 aliphatic rings. The van der Waals surface area contributed by atoms with E-state index in [-0.39, 0.29) is 23.9 Å². The summed E-state index contributed by atoms with van der Waals surface area (Å²) in [6, 6.07) is 5.82. The third-order valence-electron chi connectivity index (χ3n) is 6.70. The molecule has 1 fully saturated rings. The number of hydrogen-bond acceptors (Lipinski definition) is 6. The number of alkyl halides is 3. The van der Waals surface area contributed by atoms with E-state index in [2.05, 4.69) is 24.9 Å². The molecule has 1 aromatic carbocycles. The first-order valence-corrected chi connectivity index (χ1v) is 12.0. The van der Waals surface area contributed by atoms with Gasteiger partial charge in [-0.1, -0.05) is 6.07 Å². The number of benzene rings is 1. The zero-order chi connectivity index (χ0) is 27.5. The van der Waals surface area contributed by atoms with Crippen molar-refractivity contribution in [2.75, 3.05) is 7.11 Å². The molecule has 1 saturated carbocycles.